The highest BCUT2D eigenvalue weighted by Crippen LogP contribution is 2.24. The third-order valence-electron chi connectivity index (χ3n) is 2.62. The van der Waals surface area contributed by atoms with Gasteiger partial charge < -0.3 is 9.64 Å². The maximum atomic E-state index is 5.13. The fourth-order valence-corrected chi connectivity index (χ4v) is 1.91. The summed E-state index contributed by atoms with van der Waals surface area (Å²) in [5.41, 5.74) is -0.0564. The third kappa shape index (κ3) is 4.21. The quantitative estimate of drug-likeness (QED) is 0.783. The van der Waals surface area contributed by atoms with Crippen LogP contribution in [0.2, 0.25) is 0 Å². The summed E-state index contributed by atoms with van der Waals surface area (Å²) in [7, 11) is 1.71. The van der Waals surface area contributed by atoms with E-state index in [1.54, 1.807) is 7.11 Å². The van der Waals surface area contributed by atoms with E-state index in [1.807, 2.05) is 6.07 Å². The molecule has 102 valence electrons. The zero-order valence-electron chi connectivity index (χ0n) is 11.8. The smallest absolute Gasteiger partial charge is 0.137 e. The Morgan fingerprint density at radius 3 is 2.50 bits per heavy atom. The molecule has 0 fully saturated rings. The van der Waals surface area contributed by atoms with Crippen molar-refractivity contribution in [1.29, 1.82) is 0 Å². The number of nitrogens with zero attached hydrogens (tertiary/aromatic N) is 3. The molecule has 1 aromatic heterocycles. The molecule has 1 rings (SSSR count). The molecule has 0 aliphatic carbocycles. The fourth-order valence-electron chi connectivity index (χ4n) is 1.54. The van der Waals surface area contributed by atoms with E-state index in [9.17, 15) is 0 Å². The Morgan fingerprint density at radius 2 is 2.00 bits per heavy atom. The summed E-state index contributed by atoms with van der Waals surface area (Å²) in [6.45, 7) is 10.9. The first-order valence-electron chi connectivity index (χ1n) is 6.17. The molecule has 0 aliphatic heterocycles. The van der Waals surface area contributed by atoms with Crippen molar-refractivity contribution in [2.75, 3.05) is 31.7 Å². The normalized spacial score (nSPS) is 11.7. The van der Waals surface area contributed by atoms with Crippen molar-refractivity contribution in [3.63, 3.8) is 0 Å². The molecule has 0 saturated heterocycles. The van der Waals surface area contributed by atoms with Crippen molar-refractivity contribution >= 4 is 21.7 Å². The fraction of sp³-hybridized carbons (Fsp3) is 0.692. The summed E-state index contributed by atoms with van der Waals surface area (Å²) in [5.74, 6) is 1.80. The summed E-state index contributed by atoms with van der Waals surface area (Å²) < 4.78 is 5.95. The molecule has 0 amide bonds. The van der Waals surface area contributed by atoms with Gasteiger partial charge in [0, 0.05) is 31.7 Å². The Hall–Kier alpha value is -0.680. The number of hydrogen-bond acceptors (Lipinski definition) is 4. The van der Waals surface area contributed by atoms with Crippen molar-refractivity contribution in [3.05, 3.63) is 16.5 Å². The van der Waals surface area contributed by atoms with Gasteiger partial charge in [0.1, 0.15) is 16.2 Å². The van der Waals surface area contributed by atoms with Gasteiger partial charge in [-0.2, -0.15) is 0 Å². The van der Waals surface area contributed by atoms with Gasteiger partial charge in [-0.25, -0.2) is 9.97 Å². The highest BCUT2D eigenvalue weighted by atomic mass is 79.9. The number of aromatic nitrogens is 2. The van der Waals surface area contributed by atoms with Crippen molar-refractivity contribution in [2.45, 2.75) is 33.1 Å². The lowest BCUT2D eigenvalue weighted by Gasteiger charge is -2.24. The van der Waals surface area contributed by atoms with E-state index in [2.05, 4.69) is 58.5 Å². The number of methoxy groups -OCH3 is 1. The van der Waals surface area contributed by atoms with E-state index in [0.29, 0.717) is 6.61 Å². The Bertz CT molecular complexity index is 390. The van der Waals surface area contributed by atoms with Crippen LogP contribution in [0.4, 0.5) is 5.82 Å². The van der Waals surface area contributed by atoms with Crippen molar-refractivity contribution < 1.29 is 4.74 Å². The Labute approximate surface area is 118 Å². The molecule has 0 unspecified atom stereocenters. The van der Waals surface area contributed by atoms with Crippen LogP contribution in [0.1, 0.15) is 33.5 Å². The second kappa shape index (κ2) is 6.48. The predicted octanol–water partition coefficient (Wildman–Crippen LogP) is 3.01. The molecule has 1 heterocycles. The lowest BCUT2D eigenvalue weighted by Crippen LogP contribution is -2.29. The van der Waals surface area contributed by atoms with Crippen LogP contribution in [0.3, 0.4) is 0 Å². The van der Waals surface area contributed by atoms with Crippen LogP contribution in [0.5, 0.6) is 0 Å². The predicted molar refractivity (Wildman–Crippen MR) is 78.2 cm³/mol. The highest BCUT2D eigenvalue weighted by molar-refractivity contribution is 9.10. The average molecular weight is 316 g/mol. The molecular formula is C13H22BrN3O. The molecule has 0 aromatic carbocycles. The minimum absolute atomic E-state index is 0.0564. The van der Waals surface area contributed by atoms with E-state index >= 15 is 0 Å². The number of ether oxygens (including phenoxy) is 1. The zero-order chi connectivity index (χ0) is 13.8. The van der Waals surface area contributed by atoms with Crippen molar-refractivity contribution in [3.8, 4) is 0 Å². The van der Waals surface area contributed by atoms with Gasteiger partial charge in [0.2, 0.25) is 0 Å². The van der Waals surface area contributed by atoms with E-state index in [0.717, 1.165) is 29.3 Å². The zero-order valence-corrected chi connectivity index (χ0v) is 13.4. The maximum Gasteiger partial charge on any atom is 0.137 e. The molecular weight excluding hydrogens is 294 g/mol. The van der Waals surface area contributed by atoms with Gasteiger partial charge in [0.15, 0.2) is 0 Å². The van der Waals surface area contributed by atoms with Crippen LogP contribution >= 0.6 is 15.9 Å². The van der Waals surface area contributed by atoms with Gasteiger partial charge in [0.05, 0.1) is 6.61 Å². The van der Waals surface area contributed by atoms with E-state index in [4.69, 9.17) is 4.74 Å². The van der Waals surface area contributed by atoms with Gasteiger partial charge in [-0.15, -0.1) is 0 Å². The molecule has 0 atom stereocenters. The molecule has 0 bridgehead atoms. The standard InChI is InChI=1S/C13H22BrN3O/c1-6-17(7-8-18-5)11-9-10(14)15-12(16-11)13(2,3)4/h9H,6-8H2,1-5H3. The number of likely N-dealkylation sites (N-methyl/N-ethyl adjacent to an activating group) is 1. The van der Waals surface area contributed by atoms with Crippen molar-refractivity contribution in [2.24, 2.45) is 0 Å². The first-order valence-corrected chi connectivity index (χ1v) is 6.96. The Balaban J connectivity index is 3.04. The summed E-state index contributed by atoms with van der Waals surface area (Å²) in [6, 6.07) is 1.95. The first kappa shape index (κ1) is 15.4. The first-order chi connectivity index (χ1) is 8.38. The van der Waals surface area contributed by atoms with E-state index < -0.39 is 0 Å². The molecule has 5 heteroatoms. The second-order valence-electron chi connectivity index (χ2n) is 5.19. The summed E-state index contributed by atoms with van der Waals surface area (Å²) >= 11 is 3.46. The lowest BCUT2D eigenvalue weighted by atomic mass is 9.96. The van der Waals surface area contributed by atoms with Crippen LogP contribution in [-0.2, 0) is 10.2 Å². The van der Waals surface area contributed by atoms with Gasteiger partial charge in [-0.1, -0.05) is 20.8 Å². The summed E-state index contributed by atoms with van der Waals surface area (Å²) in [6.07, 6.45) is 0. The Morgan fingerprint density at radius 1 is 1.33 bits per heavy atom. The molecule has 4 nitrogen and oxygen atoms in total. The lowest BCUT2D eigenvalue weighted by molar-refractivity contribution is 0.205. The maximum absolute atomic E-state index is 5.13. The number of anilines is 1. The highest BCUT2D eigenvalue weighted by Gasteiger charge is 2.20. The number of halogens is 1. The van der Waals surface area contributed by atoms with Crippen LogP contribution in [0.25, 0.3) is 0 Å². The molecule has 0 N–H and O–H groups in total. The molecule has 1 aromatic rings. The average Bonchev–Trinajstić information content (AvgIpc) is 2.28. The molecule has 18 heavy (non-hydrogen) atoms. The van der Waals surface area contributed by atoms with Gasteiger partial charge >= 0.3 is 0 Å². The molecule has 0 radical (unpaired) electrons. The van der Waals surface area contributed by atoms with Gasteiger partial charge in [0.25, 0.3) is 0 Å². The minimum atomic E-state index is -0.0564. The monoisotopic (exact) mass is 315 g/mol. The SMILES string of the molecule is CCN(CCOC)c1cc(Br)nc(C(C)(C)C)n1. The van der Waals surface area contributed by atoms with Crippen molar-refractivity contribution in [1.82, 2.24) is 9.97 Å². The van der Waals surface area contributed by atoms with Gasteiger partial charge in [-0.3, -0.25) is 0 Å². The summed E-state index contributed by atoms with van der Waals surface area (Å²) in [5, 5.41) is 0. The number of rotatable bonds is 5. The van der Waals surface area contributed by atoms with E-state index in [-0.39, 0.29) is 5.41 Å². The Kier molecular flexibility index (Phi) is 5.53. The van der Waals surface area contributed by atoms with Gasteiger partial charge in [-0.05, 0) is 22.9 Å². The minimum Gasteiger partial charge on any atom is -0.383 e. The molecule has 0 saturated carbocycles. The van der Waals surface area contributed by atoms with E-state index in [1.165, 1.54) is 0 Å². The molecule has 0 aliphatic rings. The number of hydrogen-bond donors (Lipinski definition) is 0. The van der Waals surface area contributed by atoms with Crippen LogP contribution in [0.15, 0.2) is 10.7 Å². The van der Waals surface area contributed by atoms with Crippen LogP contribution in [-0.4, -0.2) is 36.8 Å². The van der Waals surface area contributed by atoms with Crippen LogP contribution < -0.4 is 4.90 Å². The molecule has 0 spiro atoms. The topological polar surface area (TPSA) is 38.2 Å². The third-order valence-corrected chi connectivity index (χ3v) is 3.03. The largest absolute Gasteiger partial charge is 0.383 e. The second-order valence-corrected chi connectivity index (χ2v) is 6.01. The summed E-state index contributed by atoms with van der Waals surface area (Å²) in [4.78, 5) is 11.3. The van der Waals surface area contributed by atoms with Crippen LogP contribution in [0, 0.1) is 0 Å².